The Morgan fingerprint density at radius 1 is 1.48 bits per heavy atom. The summed E-state index contributed by atoms with van der Waals surface area (Å²) >= 11 is 0. The second-order valence-electron chi connectivity index (χ2n) is 5.90. The van der Waals surface area contributed by atoms with E-state index < -0.39 is 11.6 Å². The molecule has 7 nitrogen and oxygen atoms in total. The van der Waals surface area contributed by atoms with E-state index in [1.54, 1.807) is 37.5 Å². The maximum absolute atomic E-state index is 11.5. The molecule has 2 rings (SSSR count). The van der Waals surface area contributed by atoms with E-state index in [1.807, 2.05) is 6.92 Å². The highest BCUT2D eigenvalue weighted by molar-refractivity contribution is 6.04. The summed E-state index contributed by atoms with van der Waals surface area (Å²) in [7, 11) is 3.52. The third kappa shape index (κ3) is 2.82. The molecular weight excluding hydrogens is 272 g/mol. The van der Waals surface area contributed by atoms with Crippen molar-refractivity contribution >= 4 is 22.7 Å². The number of aliphatic hydroxyl groups is 1. The summed E-state index contributed by atoms with van der Waals surface area (Å²) in [5.74, 6) is -1.05. The number of pyridine rings is 1. The van der Waals surface area contributed by atoms with Crippen molar-refractivity contribution in [3.05, 3.63) is 17.5 Å². The molecule has 2 aromatic rings. The van der Waals surface area contributed by atoms with Crippen LogP contribution < -0.4 is 4.90 Å². The van der Waals surface area contributed by atoms with Crippen molar-refractivity contribution in [1.82, 2.24) is 14.8 Å². The van der Waals surface area contributed by atoms with Crippen molar-refractivity contribution in [2.45, 2.75) is 26.4 Å². The molecule has 0 aromatic carbocycles. The van der Waals surface area contributed by atoms with Crippen molar-refractivity contribution in [1.29, 1.82) is 0 Å². The van der Waals surface area contributed by atoms with E-state index in [2.05, 4.69) is 10.1 Å². The van der Waals surface area contributed by atoms with Crippen LogP contribution in [-0.2, 0) is 7.05 Å². The SMILES string of the molecule is Cc1nn(C)c2ncc(C(=O)O)c(N(C)CC(C)(C)O)c12. The van der Waals surface area contributed by atoms with E-state index in [0.717, 1.165) is 0 Å². The number of carboxylic acids is 1. The van der Waals surface area contributed by atoms with Gasteiger partial charge in [0.1, 0.15) is 5.56 Å². The first-order valence-corrected chi connectivity index (χ1v) is 6.61. The maximum Gasteiger partial charge on any atom is 0.339 e. The van der Waals surface area contributed by atoms with Crippen molar-refractivity contribution in [3.63, 3.8) is 0 Å². The monoisotopic (exact) mass is 292 g/mol. The van der Waals surface area contributed by atoms with Gasteiger partial charge in [-0.15, -0.1) is 0 Å². The standard InChI is InChI=1S/C14H20N4O3/c1-8-10-11(17(4)7-14(2,3)21)9(13(19)20)6-15-12(10)18(5)16-8/h6,21H,7H2,1-5H3,(H,19,20). The van der Waals surface area contributed by atoms with Crippen LogP contribution >= 0.6 is 0 Å². The third-order valence-corrected chi connectivity index (χ3v) is 3.24. The Bertz CT molecular complexity index is 700. The van der Waals surface area contributed by atoms with Gasteiger partial charge in [0.05, 0.1) is 22.4 Å². The lowest BCUT2D eigenvalue weighted by Crippen LogP contribution is -2.37. The molecule has 2 N–H and O–H groups in total. The van der Waals surface area contributed by atoms with E-state index >= 15 is 0 Å². The molecule has 21 heavy (non-hydrogen) atoms. The van der Waals surface area contributed by atoms with Crippen molar-refractivity contribution in [3.8, 4) is 0 Å². The Kier molecular flexibility index (Phi) is 3.63. The van der Waals surface area contributed by atoms with Crippen molar-refractivity contribution < 1.29 is 15.0 Å². The number of fused-ring (bicyclic) bond motifs is 1. The Morgan fingerprint density at radius 3 is 2.62 bits per heavy atom. The Balaban J connectivity index is 2.73. The van der Waals surface area contributed by atoms with Crippen LogP contribution in [0.15, 0.2) is 6.20 Å². The smallest absolute Gasteiger partial charge is 0.339 e. The molecule has 0 unspecified atom stereocenters. The van der Waals surface area contributed by atoms with E-state index in [9.17, 15) is 15.0 Å². The Labute approximate surface area is 122 Å². The van der Waals surface area contributed by atoms with E-state index in [-0.39, 0.29) is 5.56 Å². The van der Waals surface area contributed by atoms with Gasteiger partial charge in [0.15, 0.2) is 5.65 Å². The fraction of sp³-hybridized carbons (Fsp3) is 0.500. The summed E-state index contributed by atoms with van der Waals surface area (Å²) in [6.45, 7) is 5.47. The minimum absolute atomic E-state index is 0.102. The second-order valence-corrected chi connectivity index (χ2v) is 5.90. The van der Waals surface area contributed by atoms with Crippen molar-refractivity contribution in [2.24, 2.45) is 7.05 Å². The number of carbonyl (C=O) groups is 1. The lowest BCUT2D eigenvalue weighted by Gasteiger charge is -2.28. The average molecular weight is 292 g/mol. The molecule has 0 fully saturated rings. The van der Waals surface area contributed by atoms with E-state index in [1.165, 1.54) is 6.20 Å². The number of hydrogen-bond donors (Lipinski definition) is 2. The zero-order chi connectivity index (χ0) is 15.9. The molecule has 0 saturated carbocycles. The fourth-order valence-electron chi connectivity index (χ4n) is 2.61. The van der Waals surface area contributed by atoms with Gasteiger partial charge in [0.25, 0.3) is 0 Å². The van der Waals surface area contributed by atoms with Crippen LogP contribution in [0.1, 0.15) is 29.9 Å². The summed E-state index contributed by atoms with van der Waals surface area (Å²) in [6, 6.07) is 0. The predicted molar refractivity (Wildman–Crippen MR) is 79.8 cm³/mol. The van der Waals surface area contributed by atoms with Gasteiger partial charge in [-0.1, -0.05) is 0 Å². The lowest BCUT2D eigenvalue weighted by atomic mass is 10.1. The summed E-state index contributed by atoms with van der Waals surface area (Å²) in [5, 5.41) is 24.4. The fourth-order valence-corrected chi connectivity index (χ4v) is 2.61. The van der Waals surface area contributed by atoms with Gasteiger partial charge >= 0.3 is 5.97 Å². The summed E-state index contributed by atoms with van der Waals surface area (Å²) < 4.78 is 1.62. The molecule has 0 saturated heterocycles. The van der Waals surface area contributed by atoms with Crippen LogP contribution in [0.2, 0.25) is 0 Å². The normalized spacial score (nSPS) is 11.9. The predicted octanol–water partition coefficient (Wildman–Crippen LogP) is 1.18. The molecule has 0 spiro atoms. The first-order valence-electron chi connectivity index (χ1n) is 6.61. The number of rotatable bonds is 4. The number of likely N-dealkylation sites (N-methyl/N-ethyl adjacent to an activating group) is 1. The maximum atomic E-state index is 11.5. The van der Waals surface area contributed by atoms with Crippen LogP contribution in [0.25, 0.3) is 11.0 Å². The zero-order valence-electron chi connectivity index (χ0n) is 12.9. The number of anilines is 1. The second kappa shape index (κ2) is 5.00. The van der Waals surface area contributed by atoms with Gasteiger partial charge in [0.2, 0.25) is 0 Å². The van der Waals surface area contributed by atoms with Gasteiger partial charge in [-0.05, 0) is 20.8 Å². The molecule has 0 radical (unpaired) electrons. The van der Waals surface area contributed by atoms with Crippen LogP contribution in [0, 0.1) is 6.92 Å². The molecule has 0 aliphatic rings. The van der Waals surface area contributed by atoms with Gasteiger partial charge < -0.3 is 15.1 Å². The summed E-state index contributed by atoms with van der Waals surface area (Å²) in [5.41, 5.74) is 1.01. The molecule has 0 aliphatic heterocycles. The number of aromatic nitrogens is 3. The quantitative estimate of drug-likeness (QED) is 0.879. The number of aryl methyl sites for hydroxylation is 2. The lowest BCUT2D eigenvalue weighted by molar-refractivity contribution is 0.0694. The van der Waals surface area contributed by atoms with E-state index in [0.29, 0.717) is 29.0 Å². The molecule has 0 amide bonds. The highest BCUT2D eigenvalue weighted by atomic mass is 16.4. The molecule has 114 valence electrons. The van der Waals surface area contributed by atoms with Gasteiger partial charge in [-0.2, -0.15) is 5.10 Å². The van der Waals surface area contributed by atoms with Crippen LogP contribution in [0.4, 0.5) is 5.69 Å². The molecule has 7 heteroatoms. The first kappa shape index (κ1) is 15.2. The van der Waals surface area contributed by atoms with Gasteiger partial charge in [-0.25, -0.2) is 9.78 Å². The minimum atomic E-state index is -1.05. The van der Waals surface area contributed by atoms with E-state index in [4.69, 9.17) is 0 Å². The number of nitrogens with zero attached hydrogens (tertiary/aromatic N) is 4. The molecule has 2 heterocycles. The zero-order valence-corrected chi connectivity index (χ0v) is 12.9. The molecular formula is C14H20N4O3. The van der Waals surface area contributed by atoms with Gasteiger partial charge in [-0.3, -0.25) is 4.68 Å². The Hall–Kier alpha value is -2.15. The highest BCUT2D eigenvalue weighted by Gasteiger charge is 2.25. The highest BCUT2D eigenvalue weighted by Crippen LogP contribution is 2.31. The summed E-state index contributed by atoms with van der Waals surface area (Å²) in [4.78, 5) is 17.4. The number of carboxylic acid groups (broad SMARTS) is 1. The van der Waals surface area contributed by atoms with Crippen molar-refractivity contribution in [2.75, 3.05) is 18.5 Å². The number of aromatic carboxylic acids is 1. The Morgan fingerprint density at radius 2 is 2.10 bits per heavy atom. The molecule has 2 aromatic heterocycles. The third-order valence-electron chi connectivity index (χ3n) is 3.24. The van der Waals surface area contributed by atoms with Crippen LogP contribution in [0.5, 0.6) is 0 Å². The average Bonchev–Trinajstić information content (AvgIpc) is 2.61. The van der Waals surface area contributed by atoms with Crippen LogP contribution in [-0.4, -0.2) is 50.1 Å². The minimum Gasteiger partial charge on any atom is -0.478 e. The topological polar surface area (TPSA) is 91.5 Å². The van der Waals surface area contributed by atoms with Crippen LogP contribution in [0.3, 0.4) is 0 Å². The first-order chi connectivity index (χ1) is 9.61. The molecule has 0 aliphatic carbocycles. The summed E-state index contributed by atoms with van der Waals surface area (Å²) in [6.07, 6.45) is 1.34. The largest absolute Gasteiger partial charge is 0.478 e. The van der Waals surface area contributed by atoms with Gasteiger partial charge in [0, 0.05) is 26.8 Å². The molecule has 0 atom stereocenters. The molecule has 0 bridgehead atoms. The number of hydrogen-bond acceptors (Lipinski definition) is 5.